The van der Waals surface area contributed by atoms with Crippen LogP contribution in [0.15, 0.2) is 18.2 Å². The van der Waals surface area contributed by atoms with Gasteiger partial charge < -0.3 is 10.5 Å². The van der Waals surface area contributed by atoms with Crippen LogP contribution in [0.5, 0.6) is 5.75 Å². The Bertz CT molecular complexity index is 414. The Labute approximate surface area is 89.2 Å². The van der Waals surface area contributed by atoms with E-state index in [0.29, 0.717) is 5.56 Å². The average molecular weight is 205 g/mol. The Morgan fingerprint density at radius 3 is 2.93 bits per heavy atom. The molecule has 0 bridgehead atoms. The number of hydrogen-bond acceptors (Lipinski definition) is 2. The summed E-state index contributed by atoms with van der Waals surface area (Å²) in [6.45, 7) is 4.18. The van der Waals surface area contributed by atoms with Gasteiger partial charge in [-0.3, -0.25) is 4.79 Å². The van der Waals surface area contributed by atoms with E-state index in [1.54, 1.807) is 6.07 Å². The lowest BCUT2D eigenvalue weighted by Gasteiger charge is -2.21. The van der Waals surface area contributed by atoms with Gasteiger partial charge in [-0.1, -0.05) is 6.92 Å². The van der Waals surface area contributed by atoms with Crippen molar-refractivity contribution in [3.8, 4) is 5.75 Å². The summed E-state index contributed by atoms with van der Waals surface area (Å²) >= 11 is 0. The second kappa shape index (κ2) is 3.26. The SMILES string of the molecule is CCC1(C)Cc2cc(C(N)=O)ccc2O1. The molecule has 0 spiro atoms. The molecule has 1 atom stereocenters. The van der Waals surface area contributed by atoms with E-state index in [9.17, 15) is 4.79 Å². The molecule has 2 rings (SSSR count). The van der Waals surface area contributed by atoms with Crippen LogP contribution in [0, 0.1) is 0 Å². The van der Waals surface area contributed by atoms with Crippen LogP contribution in [0.3, 0.4) is 0 Å². The van der Waals surface area contributed by atoms with E-state index in [2.05, 4.69) is 13.8 Å². The van der Waals surface area contributed by atoms with E-state index >= 15 is 0 Å². The quantitative estimate of drug-likeness (QED) is 0.801. The summed E-state index contributed by atoms with van der Waals surface area (Å²) in [5.41, 5.74) is 6.73. The van der Waals surface area contributed by atoms with Crippen molar-refractivity contribution in [1.29, 1.82) is 0 Å². The van der Waals surface area contributed by atoms with Crippen molar-refractivity contribution in [1.82, 2.24) is 0 Å². The summed E-state index contributed by atoms with van der Waals surface area (Å²) in [5.74, 6) is 0.493. The van der Waals surface area contributed by atoms with Gasteiger partial charge in [-0.25, -0.2) is 0 Å². The van der Waals surface area contributed by atoms with Crippen LogP contribution in [0.2, 0.25) is 0 Å². The number of rotatable bonds is 2. The highest BCUT2D eigenvalue weighted by Gasteiger charge is 2.33. The third-order valence-corrected chi connectivity index (χ3v) is 3.01. The molecule has 3 nitrogen and oxygen atoms in total. The number of nitrogens with two attached hydrogens (primary N) is 1. The van der Waals surface area contributed by atoms with Crippen LogP contribution in [0.25, 0.3) is 0 Å². The first-order valence-electron chi connectivity index (χ1n) is 5.16. The fourth-order valence-electron chi connectivity index (χ4n) is 1.87. The summed E-state index contributed by atoms with van der Waals surface area (Å²) in [5, 5.41) is 0. The Morgan fingerprint density at radius 2 is 2.33 bits per heavy atom. The Hall–Kier alpha value is -1.51. The lowest BCUT2D eigenvalue weighted by Crippen LogP contribution is -2.28. The molecule has 1 aromatic rings. The summed E-state index contributed by atoms with van der Waals surface area (Å²) in [6, 6.07) is 5.37. The molecular formula is C12H15NO2. The Morgan fingerprint density at radius 1 is 1.60 bits per heavy atom. The normalized spacial score (nSPS) is 23.3. The zero-order valence-corrected chi connectivity index (χ0v) is 9.04. The zero-order valence-electron chi connectivity index (χ0n) is 9.04. The van der Waals surface area contributed by atoms with Crippen molar-refractivity contribution in [2.24, 2.45) is 5.73 Å². The second-order valence-electron chi connectivity index (χ2n) is 4.27. The second-order valence-corrected chi connectivity index (χ2v) is 4.27. The van der Waals surface area contributed by atoms with Gasteiger partial charge in [0, 0.05) is 12.0 Å². The van der Waals surface area contributed by atoms with Gasteiger partial charge in [0.05, 0.1) is 0 Å². The lowest BCUT2D eigenvalue weighted by atomic mass is 9.96. The van der Waals surface area contributed by atoms with E-state index in [1.807, 2.05) is 12.1 Å². The molecular weight excluding hydrogens is 190 g/mol. The summed E-state index contributed by atoms with van der Waals surface area (Å²) in [6.07, 6.45) is 1.80. The van der Waals surface area contributed by atoms with E-state index in [1.165, 1.54) is 0 Å². The maximum Gasteiger partial charge on any atom is 0.248 e. The molecule has 15 heavy (non-hydrogen) atoms. The summed E-state index contributed by atoms with van der Waals surface area (Å²) in [4.78, 5) is 11.0. The van der Waals surface area contributed by atoms with Crippen LogP contribution in [0.4, 0.5) is 0 Å². The van der Waals surface area contributed by atoms with Gasteiger partial charge in [-0.05, 0) is 37.1 Å². The van der Waals surface area contributed by atoms with Crippen LogP contribution in [0.1, 0.15) is 36.2 Å². The van der Waals surface area contributed by atoms with Gasteiger partial charge in [-0.2, -0.15) is 0 Å². The largest absolute Gasteiger partial charge is 0.487 e. The fraction of sp³-hybridized carbons (Fsp3) is 0.417. The van der Waals surface area contributed by atoms with Gasteiger partial charge >= 0.3 is 0 Å². The Kier molecular flexibility index (Phi) is 2.18. The van der Waals surface area contributed by atoms with Gasteiger partial charge in [0.2, 0.25) is 5.91 Å². The van der Waals surface area contributed by atoms with Crippen molar-refractivity contribution in [2.45, 2.75) is 32.3 Å². The first-order chi connectivity index (χ1) is 7.04. The number of carbonyl (C=O) groups is 1. The topological polar surface area (TPSA) is 52.3 Å². The molecule has 3 heteroatoms. The summed E-state index contributed by atoms with van der Waals surface area (Å²) in [7, 11) is 0. The molecule has 1 amide bonds. The van der Waals surface area contributed by atoms with Gasteiger partial charge in [0.25, 0.3) is 0 Å². The van der Waals surface area contributed by atoms with Crippen molar-refractivity contribution >= 4 is 5.91 Å². The number of primary amides is 1. The minimum Gasteiger partial charge on any atom is -0.487 e. The average Bonchev–Trinajstić information content (AvgIpc) is 2.53. The standard InChI is InChI=1S/C12H15NO2/c1-3-12(2)7-9-6-8(11(13)14)4-5-10(9)15-12/h4-6H,3,7H2,1-2H3,(H2,13,14). The molecule has 1 heterocycles. The minimum atomic E-state index is -0.386. The van der Waals surface area contributed by atoms with Crippen molar-refractivity contribution in [3.05, 3.63) is 29.3 Å². The predicted molar refractivity (Wildman–Crippen MR) is 58.0 cm³/mol. The lowest BCUT2D eigenvalue weighted by molar-refractivity contribution is 0.1000. The Balaban J connectivity index is 2.35. The highest BCUT2D eigenvalue weighted by Crippen LogP contribution is 2.37. The maximum absolute atomic E-state index is 11.0. The molecule has 0 aliphatic carbocycles. The third-order valence-electron chi connectivity index (χ3n) is 3.01. The van der Waals surface area contributed by atoms with Crippen LogP contribution >= 0.6 is 0 Å². The smallest absolute Gasteiger partial charge is 0.248 e. The zero-order chi connectivity index (χ0) is 11.1. The number of benzene rings is 1. The van der Waals surface area contributed by atoms with Gasteiger partial charge in [0.15, 0.2) is 0 Å². The monoisotopic (exact) mass is 205 g/mol. The molecule has 1 aromatic carbocycles. The van der Waals surface area contributed by atoms with E-state index < -0.39 is 0 Å². The fourth-order valence-corrected chi connectivity index (χ4v) is 1.87. The van der Waals surface area contributed by atoms with E-state index in [-0.39, 0.29) is 11.5 Å². The van der Waals surface area contributed by atoms with Crippen molar-refractivity contribution in [2.75, 3.05) is 0 Å². The molecule has 0 fully saturated rings. The third kappa shape index (κ3) is 1.69. The van der Waals surface area contributed by atoms with Crippen LogP contribution < -0.4 is 10.5 Å². The maximum atomic E-state index is 11.0. The first-order valence-corrected chi connectivity index (χ1v) is 5.16. The van der Waals surface area contributed by atoms with Crippen LogP contribution in [-0.4, -0.2) is 11.5 Å². The molecule has 1 unspecified atom stereocenters. The first kappa shape index (κ1) is 10.0. The number of carbonyl (C=O) groups excluding carboxylic acids is 1. The molecule has 0 saturated heterocycles. The van der Waals surface area contributed by atoms with E-state index in [0.717, 1.165) is 24.2 Å². The number of fused-ring (bicyclic) bond motifs is 1. The number of ether oxygens (including phenoxy) is 1. The molecule has 0 saturated carbocycles. The van der Waals surface area contributed by atoms with E-state index in [4.69, 9.17) is 10.5 Å². The molecule has 0 radical (unpaired) electrons. The molecule has 1 aliphatic rings. The molecule has 2 N–H and O–H groups in total. The van der Waals surface area contributed by atoms with Crippen LogP contribution in [-0.2, 0) is 6.42 Å². The van der Waals surface area contributed by atoms with Crippen molar-refractivity contribution in [3.63, 3.8) is 0 Å². The highest BCUT2D eigenvalue weighted by molar-refractivity contribution is 5.93. The number of hydrogen-bond donors (Lipinski definition) is 1. The number of amides is 1. The molecule has 1 aliphatic heterocycles. The molecule has 0 aromatic heterocycles. The highest BCUT2D eigenvalue weighted by atomic mass is 16.5. The molecule has 80 valence electrons. The van der Waals surface area contributed by atoms with Crippen molar-refractivity contribution < 1.29 is 9.53 Å². The van der Waals surface area contributed by atoms with Gasteiger partial charge in [-0.15, -0.1) is 0 Å². The minimum absolute atomic E-state index is 0.126. The van der Waals surface area contributed by atoms with Gasteiger partial charge in [0.1, 0.15) is 11.4 Å². The predicted octanol–water partition coefficient (Wildman–Crippen LogP) is 1.89. The summed E-state index contributed by atoms with van der Waals surface area (Å²) < 4.78 is 5.83.